The van der Waals surface area contributed by atoms with Crippen LogP contribution < -0.4 is 10.6 Å². The Hall–Kier alpha value is -1.05. The molecular formula is C7H4N2S. The lowest BCUT2D eigenvalue weighted by molar-refractivity contribution is 1.10. The lowest BCUT2D eigenvalue weighted by atomic mass is 10.4. The van der Waals surface area contributed by atoms with Crippen molar-refractivity contribution in [2.24, 2.45) is 0 Å². The van der Waals surface area contributed by atoms with E-state index in [-0.39, 0.29) is 0 Å². The SMILES string of the molecule is C1=CSC=c2ncncc2=1. The van der Waals surface area contributed by atoms with Gasteiger partial charge in [-0.25, -0.2) is 9.97 Å². The standard InChI is InChI=1S/C7H4N2S/c1-2-10-4-7-6(1)3-8-5-9-7/h2-5H. The second-order valence-corrected chi connectivity index (χ2v) is 2.58. The molecule has 0 radical (unpaired) electrons. The molecule has 10 heavy (non-hydrogen) atoms. The highest BCUT2D eigenvalue weighted by Crippen LogP contribution is 2.01. The van der Waals surface area contributed by atoms with E-state index >= 15 is 0 Å². The summed E-state index contributed by atoms with van der Waals surface area (Å²) in [5.41, 5.74) is 3.04. The van der Waals surface area contributed by atoms with Crippen molar-refractivity contribution >= 4 is 22.9 Å². The molecule has 0 aliphatic carbocycles. The Morgan fingerprint density at radius 3 is 3.40 bits per heavy atom. The molecule has 0 spiro atoms. The Labute approximate surface area is 62.0 Å². The predicted octanol–water partition coefficient (Wildman–Crippen LogP) is -0.146. The van der Waals surface area contributed by atoms with Crippen LogP contribution in [0, 0.1) is 0 Å². The zero-order valence-electron chi connectivity index (χ0n) is 5.11. The highest BCUT2D eigenvalue weighted by Gasteiger charge is 1.87. The third-order valence-corrected chi connectivity index (χ3v) is 1.82. The van der Waals surface area contributed by atoms with Gasteiger partial charge in [-0.15, -0.1) is 5.73 Å². The van der Waals surface area contributed by atoms with Gasteiger partial charge in [0.15, 0.2) is 0 Å². The topological polar surface area (TPSA) is 25.8 Å². The van der Waals surface area contributed by atoms with Crippen LogP contribution in [0.4, 0.5) is 0 Å². The Morgan fingerprint density at radius 1 is 1.50 bits per heavy atom. The van der Waals surface area contributed by atoms with Gasteiger partial charge in [-0.3, -0.25) is 0 Å². The van der Waals surface area contributed by atoms with Crippen LogP contribution in [0.5, 0.6) is 0 Å². The molecule has 0 N–H and O–H groups in total. The van der Waals surface area contributed by atoms with Crippen molar-refractivity contribution in [3.05, 3.63) is 28.5 Å². The van der Waals surface area contributed by atoms with Crippen LogP contribution in [0.25, 0.3) is 11.1 Å². The van der Waals surface area contributed by atoms with Crippen molar-refractivity contribution in [2.75, 3.05) is 0 Å². The van der Waals surface area contributed by atoms with E-state index < -0.39 is 0 Å². The maximum atomic E-state index is 4.05. The van der Waals surface area contributed by atoms with Crippen molar-refractivity contribution < 1.29 is 0 Å². The van der Waals surface area contributed by atoms with E-state index in [1.807, 2.05) is 10.8 Å². The van der Waals surface area contributed by atoms with Crippen molar-refractivity contribution in [3.8, 4) is 0 Å². The van der Waals surface area contributed by atoms with Crippen molar-refractivity contribution in [3.63, 3.8) is 0 Å². The van der Waals surface area contributed by atoms with Gasteiger partial charge in [0.05, 0.1) is 10.6 Å². The lowest BCUT2D eigenvalue weighted by Gasteiger charge is -1.88. The van der Waals surface area contributed by atoms with Gasteiger partial charge < -0.3 is 0 Å². The molecule has 0 fully saturated rings. The first-order valence-electron chi connectivity index (χ1n) is 2.84. The zero-order chi connectivity index (χ0) is 6.81. The average Bonchev–Trinajstić information content (AvgIpc) is 2.05. The molecule has 0 aromatic carbocycles. The summed E-state index contributed by atoms with van der Waals surface area (Å²) in [6, 6.07) is 0. The summed E-state index contributed by atoms with van der Waals surface area (Å²) in [6.45, 7) is 0. The fourth-order valence-electron chi connectivity index (χ4n) is 0.740. The Bertz CT molecular complexity index is 390. The highest BCUT2D eigenvalue weighted by molar-refractivity contribution is 8.09. The molecule has 0 amide bonds. The van der Waals surface area contributed by atoms with Gasteiger partial charge in [-0.1, -0.05) is 11.8 Å². The molecule has 1 aliphatic heterocycles. The Morgan fingerprint density at radius 2 is 2.50 bits per heavy atom. The van der Waals surface area contributed by atoms with Crippen LogP contribution in [-0.4, -0.2) is 9.97 Å². The molecular weight excluding hydrogens is 144 g/mol. The largest absolute Gasteiger partial charge is 0.243 e. The average molecular weight is 148 g/mol. The maximum absolute atomic E-state index is 4.05. The summed E-state index contributed by atoms with van der Waals surface area (Å²) < 4.78 is 0. The number of aromatic nitrogens is 2. The maximum Gasteiger partial charge on any atom is 0.116 e. The van der Waals surface area contributed by atoms with Gasteiger partial charge in [0.25, 0.3) is 0 Å². The third-order valence-electron chi connectivity index (χ3n) is 1.21. The summed E-state index contributed by atoms with van der Waals surface area (Å²) in [4.78, 5) is 7.92. The first-order chi connectivity index (χ1) is 4.97. The molecule has 2 rings (SSSR count). The van der Waals surface area contributed by atoms with Gasteiger partial charge >= 0.3 is 0 Å². The monoisotopic (exact) mass is 148 g/mol. The van der Waals surface area contributed by atoms with Crippen LogP contribution in [0.2, 0.25) is 0 Å². The number of hydrogen-bond acceptors (Lipinski definition) is 3. The minimum Gasteiger partial charge on any atom is -0.243 e. The molecule has 1 aromatic heterocycles. The normalized spacial score (nSPS) is 13.2. The van der Waals surface area contributed by atoms with Gasteiger partial charge in [0.2, 0.25) is 0 Å². The van der Waals surface area contributed by atoms with Crippen LogP contribution in [-0.2, 0) is 0 Å². The van der Waals surface area contributed by atoms with Gasteiger partial charge in [-0.2, -0.15) is 0 Å². The number of fused-ring (bicyclic) bond motifs is 1. The molecule has 0 bridgehead atoms. The summed E-state index contributed by atoms with van der Waals surface area (Å²) in [6.07, 6.45) is 3.30. The Kier molecular flexibility index (Phi) is 1.31. The number of hydrogen-bond donors (Lipinski definition) is 0. The van der Waals surface area contributed by atoms with E-state index in [1.165, 1.54) is 0 Å². The van der Waals surface area contributed by atoms with E-state index in [9.17, 15) is 0 Å². The van der Waals surface area contributed by atoms with Gasteiger partial charge in [-0.05, 0) is 0 Å². The van der Waals surface area contributed by atoms with E-state index in [0.29, 0.717) is 0 Å². The molecule has 2 heterocycles. The van der Waals surface area contributed by atoms with Crippen LogP contribution >= 0.6 is 11.8 Å². The molecule has 0 saturated carbocycles. The second-order valence-electron chi connectivity index (χ2n) is 1.84. The fraction of sp³-hybridized carbons (Fsp3) is 0. The first kappa shape index (κ1) is 5.71. The predicted molar refractivity (Wildman–Crippen MR) is 41.3 cm³/mol. The molecule has 0 unspecified atom stereocenters. The number of nitrogens with zero attached hydrogens (tertiary/aromatic N) is 2. The van der Waals surface area contributed by atoms with Crippen LogP contribution in [0.3, 0.4) is 0 Å². The van der Waals surface area contributed by atoms with Crippen molar-refractivity contribution in [2.45, 2.75) is 0 Å². The molecule has 2 nitrogen and oxygen atoms in total. The summed E-state index contributed by atoms with van der Waals surface area (Å²) in [5, 5.41) is 5.81. The molecule has 1 aromatic rings. The molecule has 1 aliphatic rings. The highest BCUT2D eigenvalue weighted by atomic mass is 32.2. The van der Waals surface area contributed by atoms with E-state index in [1.54, 1.807) is 24.3 Å². The second kappa shape index (κ2) is 2.29. The molecule has 0 saturated heterocycles. The minimum atomic E-state index is 0.961. The minimum absolute atomic E-state index is 0.961. The summed E-state index contributed by atoms with van der Waals surface area (Å²) >= 11 is 1.59. The smallest absolute Gasteiger partial charge is 0.116 e. The van der Waals surface area contributed by atoms with Crippen LogP contribution in [0.1, 0.15) is 0 Å². The lowest BCUT2D eigenvalue weighted by Crippen LogP contribution is -2.27. The van der Waals surface area contributed by atoms with Gasteiger partial charge in [0.1, 0.15) is 6.33 Å². The van der Waals surface area contributed by atoms with E-state index in [4.69, 9.17) is 0 Å². The summed E-state index contributed by atoms with van der Waals surface area (Å²) in [7, 11) is 0. The first-order valence-corrected chi connectivity index (χ1v) is 3.78. The Balaban J connectivity index is 3.01. The van der Waals surface area contributed by atoms with Crippen molar-refractivity contribution in [1.29, 1.82) is 0 Å². The quantitative estimate of drug-likeness (QED) is 0.512. The number of rotatable bonds is 0. The van der Waals surface area contributed by atoms with E-state index in [2.05, 4.69) is 15.7 Å². The molecule has 3 heteroatoms. The van der Waals surface area contributed by atoms with E-state index in [0.717, 1.165) is 10.6 Å². The zero-order valence-corrected chi connectivity index (χ0v) is 5.93. The fourth-order valence-corrected chi connectivity index (χ4v) is 1.32. The molecule has 0 atom stereocenters. The number of thioether (sulfide) groups is 1. The van der Waals surface area contributed by atoms with Crippen molar-refractivity contribution in [1.82, 2.24) is 9.97 Å². The summed E-state index contributed by atoms with van der Waals surface area (Å²) in [5.74, 6) is 0. The van der Waals surface area contributed by atoms with Gasteiger partial charge in [0, 0.05) is 17.0 Å². The molecule has 48 valence electrons. The third kappa shape index (κ3) is 0.856. The van der Waals surface area contributed by atoms with Crippen LogP contribution in [0.15, 0.2) is 17.9 Å².